The summed E-state index contributed by atoms with van der Waals surface area (Å²) in [7, 11) is 1.86. The number of nitriles is 1. The Bertz CT molecular complexity index is 652. The van der Waals surface area contributed by atoms with E-state index < -0.39 is 5.41 Å². The first-order valence-electron chi connectivity index (χ1n) is 6.22. The molecule has 1 unspecified atom stereocenters. The molecule has 1 N–H and O–H groups in total. The predicted octanol–water partition coefficient (Wildman–Crippen LogP) is 1.94. The van der Waals surface area contributed by atoms with Gasteiger partial charge in [0.15, 0.2) is 11.5 Å². The van der Waals surface area contributed by atoms with Gasteiger partial charge >= 0.3 is 0 Å². The van der Waals surface area contributed by atoms with Crippen LogP contribution in [0.25, 0.3) is 11.1 Å². The average molecular weight is 257 g/mol. The molecule has 1 fully saturated rings. The summed E-state index contributed by atoms with van der Waals surface area (Å²) in [6.45, 7) is 2.75. The highest BCUT2D eigenvalue weighted by Gasteiger charge is 2.46. The molecule has 0 amide bonds. The molecule has 0 aliphatic carbocycles. The fourth-order valence-electron chi connectivity index (χ4n) is 2.62. The summed E-state index contributed by atoms with van der Waals surface area (Å²) in [4.78, 5) is 4.28. The summed E-state index contributed by atoms with van der Waals surface area (Å²) >= 11 is 0. The molecule has 19 heavy (non-hydrogen) atoms. The van der Waals surface area contributed by atoms with E-state index in [4.69, 9.17) is 9.15 Å². The van der Waals surface area contributed by atoms with Crippen molar-refractivity contribution < 1.29 is 9.15 Å². The van der Waals surface area contributed by atoms with Gasteiger partial charge in [-0.25, -0.2) is 4.98 Å². The van der Waals surface area contributed by atoms with Crippen molar-refractivity contribution in [2.45, 2.75) is 13.0 Å². The van der Waals surface area contributed by atoms with E-state index in [2.05, 4.69) is 16.4 Å². The first kappa shape index (κ1) is 12.2. The number of rotatable bonds is 3. The van der Waals surface area contributed by atoms with Gasteiger partial charge in [0.25, 0.3) is 0 Å². The topological polar surface area (TPSA) is 71.1 Å². The van der Waals surface area contributed by atoms with Crippen LogP contribution in [-0.4, -0.2) is 25.2 Å². The predicted molar refractivity (Wildman–Crippen MR) is 69.4 cm³/mol. The number of aryl methyl sites for hydroxylation is 1. The molecular formula is C14H15N3O2. The second-order valence-electron chi connectivity index (χ2n) is 4.94. The van der Waals surface area contributed by atoms with Crippen molar-refractivity contribution in [3.05, 3.63) is 29.7 Å². The number of aromatic nitrogens is 1. The Labute approximate surface area is 111 Å². The second kappa shape index (κ2) is 4.34. The molecule has 1 saturated heterocycles. The standard InChI is InChI=1S/C14H15N3O2/c1-9-17-11-4-3-10(5-12(11)19-9)13(16-2)14(6-15)7-18-8-14/h3-5,13,16H,7-8H2,1-2H3. The third kappa shape index (κ3) is 1.81. The molecule has 1 atom stereocenters. The van der Waals surface area contributed by atoms with Crippen LogP contribution in [0.4, 0.5) is 0 Å². The average Bonchev–Trinajstić information content (AvgIpc) is 2.72. The van der Waals surface area contributed by atoms with E-state index in [-0.39, 0.29) is 6.04 Å². The molecule has 1 aromatic carbocycles. The zero-order valence-corrected chi connectivity index (χ0v) is 10.9. The van der Waals surface area contributed by atoms with Gasteiger partial charge in [-0.05, 0) is 24.7 Å². The van der Waals surface area contributed by atoms with E-state index in [1.807, 2.05) is 32.2 Å². The minimum atomic E-state index is -0.489. The van der Waals surface area contributed by atoms with Crippen LogP contribution in [0, 0.1) is 23.7 Å². The molecule has 1 aliphatic heterocycles. The minimum absolute atomic E-state index is 0.0685. The third-order valence-corrected chi connectivity index (χ3v) is 3.64. The number of benzene rings is 1. The Balaban J connectivity index is 2.04. The fourth-order valence-corrected chi connectivity index (χ4v) is 2.62. The molecule has 3 rings (SSSR count). The monoisotopic (exact) mass is 257 g/mol. The summed E-state index contributed by atoms with van der Waals surface area (Å²) in [6.07, 6.45) is 0. The van der Waals surface area contributed by atoms with E-state index in [9.17, 15) is 5.26 Å². The van der Waals surface area contributed by atoms with E-state index >= 15 is 0 Å². The van der Waals surface area contributed by atoms with Gasteiger partial charge < -0.3 is 14.5 Å². The minimum Gasteiger partial charge on any atom is -0.441 e. The number of ether oxygens (including phenoxy) is 1. The first-order valence-corrected chi connectivity index (χ1v) is 6.22. The van der Waals surface area contributed by atoms with E-state index in [0.29, 0.717) is 19.1 Å². The summed E-state index contributed by atoms with van der Waals surface area (Å²) in [5.74, 6) is 0.648. The highest BCUT2D eigenvalue weighted by atomic mass is 16.5. The van der Waals surface area contributed by atoms with Crippen LogP contribution in [-0.2, 0) is 4.74 Å². The lowest BCUT2D eigenvalue weighted by molar-refractivity contribution is -0.0963. The van der Waals surface area contributed by atoms with E-state index in [1.54, 1.807) is 0 Å². The zero-order chi connectivity index (χ0) is 13.5. The van der Waals surface area contributed by atoms with Crippen LogP contribution >= 0.6 is 0 Å². The van der Waals surface area contributed by atoms with Crippen molar-refractivity contribution in [3.8, 4) is 6.07 Å². The van der Waals surface area contributed by atoms with Crippen molar-refractivity contribution in [2.24, 2.45) is 5.41 Å². The fraction of sp³-hybridized carbons (Fsp3) is 0.429. The Hall–Kier alpha value is -1.90. The largest absolute Gasteiger partial charge is 0.441 e. The van der Waals surface area contributed by atoms with Crippen LogP contribution in [0.5, 0.6) is 0 Å². The summed E-state index contributed by atoms with van der Waals surface area (Å²) in [5, 5.41) is 12.6. The maximum atomic E-state index is 9.41. The van der Waals surface area contributed by atoms with Gasteiger partial charge in [-0.15, -0.1) is 0 Å². The number of nitrogens with zero attached hydrogens (tertiary/aromatic N) is 2. The van der Waals surface area contributed by atoms with Gasteiger partial charge in [-0.2, -0.15) is 5.26 Å². The Kier molecular flexibility index (Phi) is 2.77. The Morgan fingerprint density at radius 3 is 2.84 bits per heavy atom. The molecule has 0 saturated carbocycles. The number of nitrogens with one attached hydrogen (secondary N) is 1. The molecule has 0 bridgehead atoms. The van der Waals surface area contributed by atoms with Crippen LogP contribution in [0.3, 0.4) is 0 Å². The van der Waals surface area contributed by atoms with Crippen LogP contribution in [0.15, 0.2) is 22.6 Å². The van der Waals surface area contributed by atoms with Crippen molar-refractivity contribution in [1.82, 2.24) is 10.3 Å². The molecule has 5 nitrogen and oxygen atoms in total. The summed E-state index contributed by atoms with van der Waals surface area (Å²) in [6, 6.07) is 8.18. The first-order chi connectivity index (χ1) is 9.18. The molecule has 2 heterocycles. The number of hydrogen-bond donors (Lipinski definition) is 1. The number of oxazole rings is 1. The quantitative estimate of drug-likeness (QED) is 0.909. The molecule has 1 aliphatic rings. The normalized spacial score (nSPS) is 18.8. The lowest BCUT2D eigenvalue weighted by atomic mass is 9.76. The van der Waals surface area contributed by atoms with Crippen molar-refractivity contribution in [3.63, 3.8) is 0 Å². The molecule has 2 aromatic rings. The van der Waals surface area contributed by atoms with E-state index in [0.717, 1.165) is 16.7 Å². The van der Waals surface area contributed by atoms with Crippen molar-refractivity contribution >= 4 is 11.1 Å². The van der Waals surface area contributed by atoms with Gasteiger partial charge in [0, 0.05) is 6.92 Å². The maximum absolute atomic E-state index is 9.41. The van der Waals surface area contributed by atoms with Crippen molar-refractivity contribution in [1.29, 1.82) is 5.26 Å². The Morgan fingerprint density at radius 1 is 1.47 bits per heavy atom. The molecule has 1 aromatic heterocycles. The second-order valence-corrected chi connectivity index (χ2v) is 4.94. The van der Waals surface area contributed by atoms with Crippen LogP contribution in [0.2, 0.25) is 0 Å². The van der Waals surface area contributed by atoms with Crippen LogP contribution in [0.1, 0.15) is 17.5 Å². The highest BCUT2D eigenvalue weighted by Crippen LogP contribution is 2.40. The van der Waals surface area contributed by atoms with Gasteiger partial charge in [-0.3, -0.25) is 0 Å². The van der Waals surface area contributed by atoms with Gasteiger partial charge in [0.2, 0.25) is 0 Å². The summed E-state index contributed by atoms with van der Waals surface area (Å²) < 4.78 is 10.8. The number of fused-ring (bicyclic) bond motifs is 1. The molecule has 98 valence electrons. The van der Waals surface area contributed by atoms with Crippen molar-refractivity contribution in [2.75, 3.05) is 20.3 Å². The SMILES string of the molecule is CNC(c1ccc2nc(C)oc2c1)C1(C#N)COC1. The van der Waals surface area contributed by atoms with Crippen LogP contribution < -0.4 is 5.32 Å². The molecule has 0 spiro atoms. The molecular weight excluding hydrogens is 242 g/mol. The van der Waals surface area contributed by atoms with Gasteiger partial charge in [0.05, 0.1) is 25.3 Å². The Morgan fingerprint density at radius 2 is 2.26 bits per heavy atom. The lowest BCUT2D eigenvalue weighted by Gasteiger charge is -2.41. The molecule has 5 heteroatoms. The smallest absolute Gasteiger partial charge is 0.192 e. The highest BCUT2D eigenvalue weighted by molar-refractivity contribution is 5.73. The van der Waals surface area contributed by atoms with Gasteiger partial charge in [0.1, 0.15) is 10.9 Å². The lowest BCUT2D eigenvalue weighted by Crippen LogP contribution is -2.50. The third-order valence-electron chi connectivity index (χ3n) is 3.64. The zero-order valence-electron chi connectivity index (χ0n) is 10.9. The maximum Gasteiger partial charge on any atom is 0.192 e. The van der Waals surface area contributed by atoms with Gasteiger partial charge in [-0.1, -0.05) is 6.07 Å². The van der Waals surface area contributed by atoms with E-state index in [1.165, 1.54) is 0 Å². The summed E-state index contributed by atoms with van der Waals surface area (Å²) in [5.41, 5.74) is 2.13. The molecule has 0 radical (unpaired) electrons. The number of hydrogen-bond acceptors (Lipinski definition) is 5.